The number of morpholine rings is 1. The molecule has 1 saturated heterocycles. The van der Waals surface area contributed by atoms with Crippen molar-refractivity contribution in [2.24, 2.45) is 0 Å². The van der Waals surface area contributed by atoms with Gasteiger partial charge in [-0.05, 0) is 13.3 Å². The molecule has 1 aliphatic rings. The highest BCUT2D eigenvalue weighted by atomic mass is 16.5. The Kier molecular flexibility index (Phi) is 6.82. The SMILES string of the molecule is CCC1COC(C)CN1CCC(=O)N(C)CCC#N. The van der Waals surface area contributed by atoms with Crippen LogP contribution in [0.15, 0.2) is 0 Å². The molecule has 5 heteroatoms. The molecule has 5 nitrogen and oxygen atoms in total. The van der Waals surface area contributed by atoms with E-state index >= 15 is 0 Å². The normalized spacial score (nSPS) is 23.9. The monoisotopic (exact) mass is 267 g/mol. The second-order valence-corrected chi connectivity index (χ2v) is 5.17. The summed E-state index contributed by atoms with van der Waals surface area (Å²) in [5.41, 5.74) is 0. The summed E-state index contributed by atoms with van der Waals surface area (Å²) in [6.07, 6.45) is 2.21. The van der Waals surface area contributed by atoms with Gasteiger partial charge < -0.3 is 9.64 Å². The van der Waals surface area contributed by atoms with Crippen LogP contribution in [-0.4, -0.2) is 61.1 Å². The zero-order valence-corrected chi connectivity index (χ0v) is 12.3. The lowest BCUT2D eigenvalue weighted by Gasteiger charge is -2.38. The third-order valence-electron chi connectivity index (χ3n) is 3.65. The molecule has 19 heavy (non-hydrogen) atoms. The van der Waals surface area contributed by atoms with Gasteiger partial charge in [-0.2, -0.15) is 5.26 Å². The summed E-state index contributed by atoms with van der Waals surface area (Å²) in [6, 6.07) is 2.48. The van der Waals surface area contributed by atoms with Crippen LogP contribution in [0.3, 0.4) is 0 Å². The standard InChI is InChI=1S/C14H25N3O2/c1-4-13-11-19-12(2)10-17(13)9-6-14(18)16(3)8-5-7-15/h12-13H,4-6,8-11H2,1-3H3. The summed E-state index contributed by atoms with van der Waals surface area (Å²) in [4.78, 5) is 15.9. The molecule has 0 radical (unpaired) electrons. The van der Waals surface area contributed by atoms with Crippen molar-refractivity contribution < 1.29 is 9.53 Å². The van der Waals surface area contributed by atoms with Crippen molar-refractivity contribution in [2.75, 3.05) is 33.3 Å². The van der Waals surface area contributed by atoms with Gasteiger partial charge in [0, 0.05) is 39.1 Å². The van der Waals surface area contributed by atoms with Crippen LogP contribution in [-0.2, 0) is 9.53 Å². The quantitative estimate of drug-likeness (QED) is 0.726. The van der Waals surface area contributed by atoms with Gasteiger partial charge in [-0.25, -0.2) is 0 Å². The molecule has 108 valence electrons. The van der Waals surface area contributed by atoms with Gasteiger partial charge in [0.1, 0.15) is 0 Å². The number of nitriles is 1. The van der Waals surface area contributed by atoms with Gasteiger partial charge in [-0.1, -0.05) is 6.92 Å². The molecule has 0 bridgehead atoms. The Labute approximate surface area is 116 Å². The molecule has 0 aromatic rings. The Morgan fingerprint density at radius 3 is 2.95 bits per heavy atom. The number of nitrogens with zero attached hydrogens (tertiary/aromatic N) is 3. The first-order valence-corrected chi connectivity index (χ1v) is 7.05. The van der Waals surface area contributed by atoms with Crippen LogP contribution in [0.1, 0.15) is 33.1 Å². The molecule has 2 unspecified atom stereocenters. The van der Waals surface area contributed by atoms with Gasteiger partial charge in [0.05, 0.1) is 25.2 Å². The highest BCUT2D eigenvalue weighted by molar-refractivity contribution is 5.76. The smallest absolute Gasteiger partial charge is 0.223 e. The maximum atomic E-state index is 11.9. The van der Waals surface area contributed by atoms with Crippen molar-refractivity contribution in [3.05, 3.63) is 0 Å². The number of hydrogen-bond acceptors (Lipinski definition) is 4. The van der Waals surface area contributed by atoms with Crippen LogP contribution in [0.25, 0.3) is 0 Å². The van der Waals surface area contributed by atoms with E-state index in [4.69, 9.17) is 10.00 Å². The molecule has 2 atom stereocenters. The van der Waals surface area contributed by atoms with Crippen molar-refractivity contribution in [1.82, 2.24) is 9.80 Å². The van der Waals surface area contributed by atoms with Crippen LogP contribution in [0.4, 0.5) is 0 Å². The molecule has 0 aliphatic carbocycles. The minimum atomic E-state index is 0.115. The summed E-state index contributed by atoms with van der Waals surface area (Å²) in [7, 11) is 1.76. The van der Waals surface area contributed by atoms with E-state index in [9.17, 15) is 4.79 Å². The minimum absolute atomic E-state index is 0.115. The molecule has 1 rings (SSSR count). The largest absolute Gasteiger partial charge is 0.376 e. The van der Waals surface area contributed by atoms with Crippen molar-refractivity contribution in [3.8, 4) is 6.07 Å². The van der Waals surface area contributed by atoms with Crippen LogP contribution in [0.2, 0.25) is 0 Å². The highest BCUT2D eigenvalue weighted by Crippen LogP contribution is 2.14. The van der Waals surface area contributed by atoms with Gasteiger partial charge in [-0.3, -0.25) is 9.69 Å². The Morgan fingerprint density at radius 1 is 1.58 bits per heavy atom. The van der Waals surface area contributed by atoms with Crippen molar-refractivity contribution in [1.29, 1.82) is 5.26 Å². The summed E-state index contributed by atoms with van der Waals surface area (Å²) in [6.45, 7) is 7.18. The van der Waals surface area contributed by atoms with Crippen molar-refractivity contribution in [3.63, 3.8) is 0 Å². The predicted octanol–water partition coefficient (Wildman–Crippen LogP) is 1.25. The average Bonchev–Trinajstić information content (AvgIpc) is 2.42. The molecule has 1 aliphatic heterocycles. The van der Waals surface area contributed by atoms with Crippen LogP contribution in [0.5, 0.6) is 0 Å². The number of carbonyl (C=O) groups excluding carboxylic acids is 1. The summed E-state index contributed by atoms with van der Waals surface area (Å²) >= 11 is 0. The van der Waals surface area contributed by atoms with Crippen LogP contribution < -0.4 is 0 Å². The predicted molar refractivity (Wildman–Crippen MR) is 73.6 cm³/mol. The molecule has 0 N–H and O–H groups in total. The maximum absolute atomic E-state index is 11.9. The van der Waals surface area contributed by atoms with E-state index in [1.165, 1.54) is 0 Å². The van der Waals surface area contributed by atoms with Gasteiger partial charge in [0.15, 0.2) is 0 Å². The molecule has 0 aromatic heterocycles. The van der Waals surface area contributed by atoms with Gasteiger partial charge >= 0.3 is 0 Å². The van der Waals surface area contributed by atoms with E-state index in [0.29, 0.717) is 25.4 Å². The zero-order chi connectivity index (χ0) is 14.3. The molecular weight excluding hydrogens is 242 g/mol. The second kappa shape index (κ2) is 8.13. The van der Waals surface area contributed by atoms with E-state index in [1.54, 1.807) is 11.9 Å². The lowest BCUT2D eigenvalue weighted by atomic mass is 10.1. The Bertz CT molecular complexity index is 327. The number of rotatable bonds is 6. The first kappa shape index (κ1) is 15.9. The van der Waals surface area contributed by atoms with E-state index in [1.807, 2.05) is 0 Å². The van der Waals surface area contributed by atoms with E-state index in [2.05, 4.69) is 24.8 Å². The van der Waals surface area contributed by atoms with Crippen LogP contribution >= 0.6 is 0 Å². The fourth-order valence-electron chi connectivity index (χ4n) is 2.34. The fraction of sp³-hybridized carbons (Fsp3) is 0.857. The zero-order valence-electron chi connectivity index (χ0n) is 12.3. The van der Waals surface area contributed by atoms with E-state index in [-0.39, 0.29) is 12.0 Å². The molecule has 1 fully saturated rings. The third kappa shape index (κ3) is 5.17. The molecule has 1 heterocycles. The summed E-state index contributed by atoms with van der Waals surface area (Å²) < 4.78 is 5.65. The molecule has 0 aromatic carbocycles. The minimum Gasteiger partial charge on any atom is -0.376 e. The molecule has 1 amide bonds. The highest BCUT2D eigenvalue weighted by Gasteiger charge is 2.25. The molecule has 0 saturated carbocycles. The summed E-state index contributed by atoms with van der Waals surface area (Å²) in [5.74, 6) is 0.115. The summed E-state index contributed by atoms with van der Waals surface area (Å²) in [5, 5.41) is 8.52. The van der Waals surface area contributed by atoms with Crippen molar-refractivity contribution in [2.45, 2.75) is 45.3 Å². The Morgan fingerprint density at radius 2 is 2.32 bits per heavy atom. The third-order valence-corrected chi connectivity index (χ3v) is 3.65. The lowest BCUT2D eigenvalue weighted by molar-refractivity contribution is -0.131. The van der Waals surface area contributed by atoms with Gasteiger partial charge in [0.25, 0.3) is 0 Å². The number of hydrogen-bond donors (Lipinski definition) is 0. The lowest BCUT2D eigenvalue weighted by Crippen LogP contribution is -2.49. The first-order valence-electron chi connectivity index (χ1n) is 7.05. The molecular formula is C14H25N3O2. The Balaban J connectivity index is 2.37. The van der Waals surface area contributed by atoms with Gasteiger partial charge in [0.2, 0.25) is 5.91 Å². The van der Waals surface area contributed by atoms with E-state index < -0.39 is 0 Å². The Hall–Kier alpha value is -1.12. The number of ether oxygens (including phenoxy) is 1. The number of amides is 1. The van der Waals surface area contributed by atoms with Crippen molar-refractivity contribution >= 4 is 5.91 Å². The molecule has 0 spiro atoms. The number of carbonyl (C=O) groups is 1. The topological polar surface area (TPSA) is 56.6 Å². The average molecular weight is 267 g/mol. The first-order chi connectivity index (χ1) is 9.08. The fourth-order valence-corrected chi connectivity index (χ4v) is 2.34. The van der Waals surface area contributed by atoms with Crippen LogP contribution in [0, 0.1) is 11.3 Å². The second-order valence-electron chi connectivity index (χ2n) is 5.17. The van der Waals surface area contributed by atoms with Gasteiger partial charge in [-0.15, -0.1) is 0 Å². The maximum Gasteiger partial charge on any atom is 0.223 e. The van der Waals surface area contributed by atoms with E-state index in [0.717, 1.165) is 26.1 Å².